The van der Waals surface area contributed by atoms with E-state index < -0.39 is 17.9 Å². The number of amides is 2. The molecule has 1 aliphatic rings. The molecule has 6 heteroatoms. The number of benzene rings is 1. The summed E-state index contributed by atoms with van der Waals surface area (Å²) in [6.45, 7) is -0.384. The Kier molecular flexibility index (Phi) is 3.94. The number of aliphatic hydroxyl groups is 2. The van der Waals surface area contributed by atoms with Gasteiger partial charge in [-0.05, 0) is 17.7 Å². The van der Waals surface area contributed by atoms with Crippen molar-refractivity contribution in [2.24, 2.45) is 0 Å². The van der Waals surface area contributed by atoms with Gasteiger partial charge in [0.15, 0.2) is 0 Å². The van der Waals surface area contributed by atoms with Gasteiger partial charge in [-0.15, -0.1) is 0 Å². The fraction of sp³-hybridized carbons (Fsp3) is 0.231. The Hall–Kier alpha value is -2.18. The van der Waals surface area contributed by atoms with Gasteiger partial charge in [0.1, 0.15) is 18.5 Å². The maximum atomic E-state index is 11.4. The molecule has 0 radical (unpaired) electrons. The molecule has 0 spiro atoms. The minimum atomic E-state index is -0.930. The zero-order valence-corrected chi connectivity index (χ0v) is 10.00. The highest BCUT2D eigenvalue weighted by atomic mass is 16.5. The van der Waals surface area contributed by atoms with E-state index in [1.54, 1.807) is 24.3 Å². The summed E-state index contributed by atoms with van der Waals surface area (Å²) in [5.74, 6) is -0.345. The molecule has 1 aliphatic heterocycles. The average Bonchev–Trinajstić information content (AvgIpc) is 2.75. The first-order valence-electron chi connectivity index (χ1n) is 5.69. The normalized spacial score (nSPS) is 16.0. The molecule has 6 nitrogen and oxygen atoms in total. The molecule has 2 amide bonds. The maximum absolute atomic E-state index is 11.4. The lowest BCUT2D eigenvalue weighted by Crippen LogP contribution is -2.22. The molecule has 19 heavy (non-hydrogen) atoms. The molecule has 0 fully saturated rings. The second-order valence-electron chi connectivity index (χ2n) is 4.05. The van der Waals surface area contributed by atoms with Crippen molar-refractivity contribution in [3.8, 4) is 5.75 Å². The molecule has 1 atom stereocenters. The van der Waals surface area contributed by atoms with Gasteiger partial charge in [-0.2, -0.15) is 0 Å². The van der Waals surface area contributed by atoms with Crippen molar-refractivity contribution in [3.05, 3.63) is 35.9 Å². The summed E-state index contributed by atoms with van der Waals surface area (Å²) in [5, 5.41) is 19.9. The van der Waals surface area contributed by atoms with Crippen LogP contribution in [0.25, 0.3) is 5.57 Å². The second kappa shape index (κ2) is 5.64. The molecule has 0 saturated heterocycles. The third-order valence-electron chi connectivity index (χ3n) is 2.58. The Bertz CT molecular complexity index is 520. The van der Waals surface area contributed by atoms with E-state index in [4.69, 9.17) is 14.9 Å². The lowest BCUT2D eigenvalue weighted by molar-refractivity contribution is -0.123. The standard InChI is InChI=1S/C13H13NO5/c15-6-9(16)7-19-10-3-1-8(2-4-10)11-5-12(17)14-13(11)18/h1-5,9,15-16H,6-7H2,(H,14,17,18). The van der Waals surface area contributed by atoms with Crippen LogP contribution in [-0.2, 0) is 9.59 Å². The van der Waals surface area contributed by atoms with Crippen LogP contribution in [0.4, 0.5) is 0 Å². The summed E-state index contributed by atoms with van der Waals surface area (Å²) in [5.41, 5.74) is 0.922. The number of carbonyl (C=O) groups is 2. The van der Waals surface area contributed by atoms with E-state index in [9.17, 15) is 9.59 Å². The maximum Gasteiger partial charge on any atom is 0.258 e. The molecule has 1 unspecified atom stereocenters. The predicted molar refractivity (Wildman–Crippen MR) is 66.2 cm³/mol. The van der Waals surface area contributed by atoms with Gasteiger partial charge in [-0.25, -0.2) is 0 Å². The van der Waals surface area contributed by atoms with Gasteiger partial charge in [0.05, 0.1) is 12.2 Å². The highest BCUT2D eigenvalue weighted by Crippen LogP contribution is 2.21. The molecule has 100 valence electrons. The number of hydrogen-bond acceptors (Lipinski definition) is 5. The number of hydrogen-bond donors (Lipinski definition) is 3. The molecular formula is C13H13NO5. The van der Waals surface area contributed by atoms with E-state index in [0.717, 1.165) is 0 Å². The van der Waals surface area contributed by atoms with E-state index in [0.29, 0.717) is 16.9 Å². The Morgan fingerprint density at radius 3 is 2.42 bits per heavy atom. The largest absolute Gasteiger partial charge is 0.491 e. The summed E-state index contributed by atoms with van der Waals surface area (Å²) in [4.78, 5) is 22.5. The van der Waals surface area contributed by atoms with Gasteiger partial charge in [0, 0.05) is 6.08 Å². The number of nitrogens with one attached hydrogen (secondary N) is 1. The van der Waals surface area contributed by atoms with Crippen molar-refractivity contribution in [2.45, 2.75) is 6.10 Å². The molecule has 0 saturated carbocycles. The van der Waals surface area contributed by atoms with Crippen LogP contribution < -0.4 is 10.1 Å². The zero-order chi connectivity index (χ0) is 13.8. The van der Waals surface area contributed by atoms with Crippen LogP contribution >= 0.6 is 0 Å². The van der Waals surface area contributed by atoms with Crippen LogP contribution in [0.5, 0.6) is 5.75 Å². The first kappa shape index (κ1) is 13.3. The SMILES string of the molecule is O=C1C=C(c2ccc(OCC(O)CO)cc2)C(=O)N1. The van der Waals surface area contributed by atoms with Crippen LogP contribution in [0.3, 0.4) is 0 Å². The third-order valence-corrected chi connectivity index (χ3v) is 2.58. The van der Waals surface area contributed by atoms with Gasteiger partial charge < -0.3 is 14.9 Å². The molecule has 0 aromatic heterocycles. The van der Waals surface area contributed by atoms with Crippen LogP contribution in [0.1, 0.15) is 5.56 Å². The van der Waals surface area contributed by atoms with E-state index in [1.165, 1.54) is 6.08 Å². The minimum Gasteiger partial charge on any atom is -0.491 e. The fourth-order valence-electron chi connectivity index (χ4n) is 1.60. The fourth-order valence-corrected chi connectivity index (χ4v) is 1.60. The van der Waals surface area contributed by atoms with Crippen LogP contribution in [0.2, 0.25) is 0 Å². The summed E-state index contributed by atoms with van der Waals surface area (Å²) in [6.07, 6.45) is 0.314. The number of ether oxygens (including phenoxy) is 1. The van der Waals surface area contributed by atoms with Gasteiger partial charge in [-0.3, -0.25) is 14.9 Å². The van der Waals surface area contributed by atoms with Gasteiger partial charge in [0.25, 0.3) is 11.8 Å². The van der Waals surface area contributed by atoms with Gasteiger partial charge in [0.2, 0.25) is 0 Å². The van der Waals surface area contributed by atoms with Crippen molar-refractivity contribution in [2.75, 3.05) is 13.2 Å². The van der Waals surface area contributed by atoms with Crippen molar-refractivity contribution in [1.29, 1.82) is 0 Å². The lowest BCUT2D eigenvalue weighted by Gasteiger charge is -2.10. The van der Waals surface area contributed by atoms with Crippen LogP contribution in [-0.4, -0.2) is 41.3 Å². The monoisotopic (exact) mass is 263 g/mol. The Morgan fingerprint density at radius 2 is 1.89 bits per heavy atom. The highest BCUT2D eigenvalue weighted by Gasteiger charge is 2.21. The molecule has 2 rings (SSSR count). The summed E-state index contributed by atoms with van der Waals surface area (Å²) in [6, 6.07) is 6.53. The molecule has 3 N–H and O–H groups in total. The zero-order valence-electron chi connectivity index (χ0n) is 10.00. The topological polar surface area (TPSA) is 95.9 Å². The van der Waals surface area contributed by atoms with E-state index in [2.05, 4.69) is 5.32 Å². The molecule has 1 aromatic carbocycles. The third kappa shape index (κ3) is 3.18. The number of aliphatic hydroxyl groups excluding tert-OH is 2. The number of imide groups is 1. The van der Waals surface area contributed by atoms with E-state index >= 15 is 0 Å². The minimum absolute atomic E-state index is 0.0164. The molecular weight excluding hydrogens is 250 g/mol. The van der Waals surface area contributed by atoms with E-state index in [1.807, 2.05) is 0 Å². The second-order valence-corrected chi connectivity index (χ2v) is 4.05. The lowest BCUT2D eigenvalue weighted by atomic mass is 10.1. The number of carbonyl (C=O) groups excluding carboxylic acids is 2. The van der Waals surface area contributed by atoms with Crippen molar-refractivity contribution >= 4 is 17.4 Å². The first-order chi connectivity index (χ1) is 9.10. The molecule has 1 aromatic rings. The first-order valence-corrected chi connectivity index (χ1v) is 5.69. The molecule has 1 heterocycles. The Balaban J connectivity index is 2.05. The van der Waals surface area contributed by atoms with Gasteiger partial charge in [-0.1, -0.05) is 12.1 Å². The quantitative estimate of drug-likeness (QED) is 0.620. The van der Waals surface area contributed by atoms with Crippen molar-refractivity contribution in [3.63, 3.8) is 0 Å². The van der Waals surface area contributed by atoms with Crippen molar-refractivity contribution < 1.29 is 24.5 Å². The summed E-state index contributed by atoms with van der Waals surface area (Å²) >= 11 is 0. The molecule has 0 bridgehead atoms. The molecule has 0 aliphatic carbocycles. The van der Waals surface area contributed by atoms with Crippen LogP contribution in [0, 0.1) is 0 Å². The average molecular weight is 263 g/mol. The van der Waals surface area contributed by atoms with E-state index in [-0.39, 0.29) is 13.2 Å². The Labute approximate surface area is 109 Å². The highest BCUT2D eigenvalue weighted by molar-refractivity contribution is 6.33. The Morgan fingerprint density at radius 1 is 1.21 bits per heavy atom. The van der Waals surface area contributed by atoms with Gasteiger partial charge >= 0.3 is 0 Å². The van der Waals surface area contributed by atoms with Crippen LogP contribution in [0.15, 0.2) is 30.3 Å². The predicted octanol–water partition coefficient (Wildman–Crippen LogP) is -0.542. The van der Waals surface area contributed by atoms with Crippen molar-refractivity contribution in [1.82, 2.24) is 5.32 Å². The summed E-state index contributed by atoms with van der Waals surface area (Å²) < 4.78 is 5.23. The smallest absolute Gasteiger partial charge is 0.258 e. The number of rotatable bonds is 5. The summed E-state index contributed by atoms with van der Waals surface area (Å²) in [7, 11) is 0.